The van der Waals surface area contributed by atoms with Crippen LogP contribution in [0.3, 0.4) is 0 Å². The van der Waals surface area contributed by atoms with Crippen molar-refractivity contribution in [2.24, 2.45) is 0 Å². The zero-order valence-electron chi connectivity index (χ0n) is 7.70. The predicted molar refractivity (Wildman–Crippen MR) is 47.9 cm³/mol. The van der Waals surface area contributed by atoms with E-state index in [1.54, 1.807) is 31.4 Å². The second-order valence-corrected chi connectivity index (χ2v) is 2.29. The van der Waals surface area contributed by atoms with Gasteiger partial charge in [0.15, 0.2) is 4.98 Å². The smallest absolute Gasteiger partial charge is 0.497 e. The quantitative estimate of drug-likeness (QED) is 0.414. The Morgan fingerprint density at radius 1 is 1.13 bits per heavy atom. The van der Waals surface area contributed by atoms with Crippen molar-refractivity contribution < 1.29 is 22.0 Å². The summed E-state index contributed by atoms with van der Waals surface area (Å²) in [5, 5.41) is 8.29. The largest absolute Gasteiger partial charge is 0.673 e. The standard InChI is InChI=1S/C7H7N2O.BF4/c1-10-7-4-2-6(9-8)3-5-7;2-1(3,4)5/h2-5H,1H3;/q+1;-1. The first kappa shape index (κ1) is 13.2. The van der Waals surface area contributed by atoms with Crippen LogP contribution in [0.2, 0.25) is 0 Å². The number of rotatable bonds is 1. The van der Waals surface area contributed by atoms with Crippen molar-refractivity contribution in [3.05, 3.63) is 29.2 Å². The van der Waals surface area contributed by atoms with E-state index in [-0.39, 0.29) is 0 Å². The molecule has 0 amide bonds. The SMILES string of the molecule is COc1ccc([N+]#N)cc1.F[B-](F)(F)F. The van der Waals surface area contributed by atoms with Crippen LogP contribution in [0.15, 0.2) is 24.3 Å². The maximum Gasteiger partial charge on any atom is 0.673 e. The molecule has 0 saturated carbocycles. The summed E-state index contributed by atoms with van der Waals surface area (Å²) in [5.74, 6) is 0.757. The normalized spacial score (nSPS) is 9.60. The van der Waals surface area contributed by atoms with E-state index in [0.29, 0.717) is 5.69 Å². The van der Waals surface area contributed by atoms with E-state index in [9.17, 15) is 17.3 Å². The molecule has 0 aromatic heterocycles. The molecule has 0 bridgehead atoms. The molecule has 0 aliphatic heterocycles. The van der Waals surface area contributed by atoms with E-state index >= 15 is 0 Å². The van der Waals surface area contributed by atoms with Crippen LogP contribution in [0.5, 0.6) is 5.75 Å². The van der Waals surface area contributed by atoms with Crippen molar-refractivity contribution in [2.45, 2.75) is 0 Å². The van der Waals surface area contributed by atoms with Gasteiger partial charge in [0.2, 0.25) is 5.39 Å². The second kappa shape index (κ2) is 5.85. The van der Waals surface area contributed by atoms with E-state index in [4.69, 9.17) is 10.1 Å². The lowest BCUT2D eigenvalue weighted by Crippen LogP contribution is -2.02. The highest BCUT2D eigenvalue weighted by molar-refractivity contribution is 6.50. The Morgan fingerprint density at radius 3 is 1.80 bits per heavy atom. The summed E-state index contributed by atoms with van der Waals surface area (Å²) in [6.07, 6.45) is 0. The number of hydrogen-bond donors (Lipinski definition) is 0. The maximum atomic E-state index is 9.75. The lowest BCUT2D eigenvalue weighted by Gasteiger charge is -1.94. The van der Waals surface area contributed by atoms with Crippen molar-refractivity contribution in [1.82, 2.24) is 0 Å². The molecule has 0 spiro atoms. The molecule has 0 N–H and O–H groups in total. The lowest BCUT2D eigenvalue weighted by atomic mass is 10.3. The second-order valence-electron chi connectivity index (χ2n) is 2.29. The van der Waals surface area contributed by atoms with Gasteiger partial charge in [-0.1, -0.05) is 0 Å². The molecule has 0 unspecified atom stereocenters. The first-order chi connectivity index (χ1) is 6.86. The zero-order chi connectivity index (χ0) is 11.9. The van der Waals surface area contributed by atoms with E-state index in [1.807, 2.05) is 0 Å². The summed E-state index contributed by atoms with van der Waals surface area (Å²) in [4.78, 5) is 2.99. The van der Waals surface area contributed by atoms with Crippen LogP contribution in [-0.2, 0) is 0 Å². The van der Waals surface area contributed by atoms with E-state index in [2.05, 4.69) is 4.98 Å². The Balaban J connectivity index is 0.000000336. The molecule has 1 rings (SSSR count). The third-order valence-corrected chi connectivity index (χ3v) is 1.19. The van der Waals surface area contributed by atoms with Crippen LogP contribution in [0.25, 0.3) is 4.98 Å². The fourth-order valence-electron chi connectivity index (χ4n) is 0.649. The third kappa shape index (κ3) is 8.55. The molecule has 1 aromatic carbocycles. The highest BCUT2D eigenvalue weighted by Gasteiger charge is 2.20. The Labute approximate surface area is 83.4 Å². The molecule has 3 nitrogen and oxygen atoms in total. The van der Waals surface area contributed by atoms with Crippen LogP contribution in [0.4, 0.5) is 23.0 Å². The Kier molecular flexibility index (Phi) is 5.16. The van der Waals surface area contributed by atoms with Crippen molar-refractivity contribution in [3.63, 3.8) is 0 Å². The van der Waals surface area contributed by atoms with Gasteiger partial charge in [-0.2, -0.15) is 0 Å². The van der Waals surface area contributed by atoms with Gasteiger partial charge in [0.25, 0.3) is 0 Å². The molecule has 0 atom stereocenters. The van der Waals surface area contributed by atoms with Gasteiger partial charge in [-0.15, -0.1) is 0 Å². The molecule has 0 radical (unpaired) electrons. The monoisotopic (exact) mass is 222 g/mol. The molecular weight excluding hydrogens is 215 g/mol. The Morgan fingerprint density at radius 2 is 1.53 bits per heavy atom. The van der Waals surface area contributed by atoms with Gasteiger partial charge >= 0.3 is 12.9 Å². The van der Waals surface area contributed by atoms with Crippen molar-refractivity contribution in [2.75, 3.05) is 7.11 Å². The van der Waals surface area contributed by atoms with E-state index < -0.39 is 7.25 Å². The maximum absolute atomic E-state index is 9.75. The molecule has 82 valence electrons. The molecule has 1 aromatic rings. The number of hydrogen-bond acceptors (Lipinski definition) is 2. The highest BCUT2D eigenvalue weighted by Crippen LogP contribution is 2.16. The lowest BCUT2D eigenvalue weighted by molar-refractivity contribution is 0.368. The van der Waals surface area contributed by atoms with Gasteiger partial charge < -0.3 is 22.0 Å². The molecule has 0 aliphatic carbocycles. The summed E-state index contributed by atoms with van der Waals surface area (Å²) in [5.41, 5.74) is 0.529. The van der Waals surface area contributed by atoms with Gasteiger partial charge in [-0.25, -0.2) is 0 Å². The highest BCUT2D eigenvalue weighted by atomic mass is 19.5. The molecule has 0 aliphatic rings. The van der Waals surface area contributed by atoms with Crippen LogP contribution in [0.1, 0.15) is 0 Å². The molecule has 0 saturated heterocycles. The van der Waals surface area contributed by atoms with E-state index in [0.717, 1.165) is 5.75 Å². The fraction of sp³-hybridized carbons (Fsp3) is 0.143. The van der Waals surface area contributed by atoms with Crippen molar-refractivity contribution in [3.8, 4) is 5.75 Å². The number of benzene rings is 1. The molecule has 15 heavy (non-hydrogen) atoms. The Bertz CT molecular complexity index is 326. The first-order valence-corrected chi connectivity index (χ1v) is 3.73. The third-order valence-electron chi connectivity index (χ3n) is 1.19. The minimum Gasteiger partial charge on any atom is -0.497 e. The average molecular weight is 222 g/mol. The molecule has 0 heterocycles. The van der Waals surface area contributed by atoms with E-state index in [1.165, 1.54) is 0 Å². The molecule has 0 fully saturated rings. The topological polar surface area (TPSA) is 37.4 Å². The fourth-order valence-corrected chi connectivity index (χ4v) is 0.649. The van der Waals surface area contributed by atoms with Gasteiger partial charge in [-0.05, 0) is 12.1 Å². The predicted octanol–water partition coefficient (Wildman–Crippen LogP) is 3.48. The van der Waals surface area contributed by atoms with Crippen LogP contribution in [0, 0.1) is 5.39 Å². The number of methoxy groups -OCH3 is 1. The molecular formula is C7H7BF4N2O. The average Bonchev–Trinajstić information content (AvgIpc) is 2.15. The van der Waals surface area contributed by atoms with Gasteiger partial charge in [0.05, 0.1) is 7.11 Å². The summed E-state index contributed by atoms with van der Waals surface area (Å²) >= 11 is 0. The van der Waals surface area contributed by atoms with Gasteiger partial charge in [-0.3, -0.25) is 0 Å². The van der Waals surface area contributed by atoms with Crippen molar-refractivity contribution in [1.29, 1.82) is 5.39 Å². The number of halogens is 4. The van der Waals surface area contributed by atoms with Crippen molar-refractivity contribution >= 4 is 12.9 Å². The summed E-state index contributed by atoms with van der Waals surface area (Å²) in [6.45, 7) is 0. The van der Waals surface area contributed by atoms with Crippen LogP contribution >= 0.6 is 0 Å². The summed E-state index contributed by atoms with van der Waals surface area (Å²) < 4.78 is 43.9. The van der Waals surface area contributed by atoms with Crippen LogP contribution in [-0.4, -0.2) is 14.4 Å². The first-order valence-electron chi connectivity index (χ1n) is 3.73. The summed E-state index contributed by atoms with van der Waals surface area (Å²) in [6, 6.07) is 6.79. The Hall–Kier alpha value is -1.78. The molecule has 8 heteroatoms. The van der Waals surface area contributed by atoms with Crippen LogP contribution < -0.4 is 4.74 Å². The minimum absolute atomic E-state index is 0.529. The number of diazo groups is 1. The zero-order valence-corrected chi connectivity index (χ0v) is 7.70. The van der Waals surface area contributed by atoms with Gasteiger partial charge in [0.1, 0.15) is 5.75 Å². The van der Waals surface area contributed by atoms with Gasteiger partial charge in [0, 0.05) is 12.1 Å². The number of ether oxygens (including phenoxy) is 1. The number of nitrogens with zero attached hydrogens (tertiary/aromatic N) is 2. The summed E-state index contributed by atoms with van der Waals surface area (Å²) in [7, 11) is -4.41. The minimum atomic E-state index is -6.00.